The molecule has 0 amide bonds. The molecule has 0 aliphatic carbocycles. The van der Waals surface area contributed by atoms with Gasteiger partial charge in [-0.05, 0) is 29.0 Å². The van der Waals surface area contributed by atoms with Gasteiger partial charge in [-0.1, -0.05) is 24.3 Å². The zero-order valence-electron chi connectivity index (χ0n) is 11.4. The highest BCUT2D eigenvalue weighted by Crippen LogP contribution is 2.38. The number of hydrogen-bond acceptors (Lipinski definition) is 4. The van der Waals surface area contributed by atoms with Gasteiger partial charge in [0.1, 0.15) is 5.75 Å². The van der Waals surface area contributed by atoms with Gasteiger partial charge in [0.2, 0.25) is 0 Å². The molecule has 1 aromatic carbocycles. The van der Waals surface area contributed by atoms with E-state index in [0.29, 0.717) is 6.42 Å². The van der Waals surface area contributed by atoms with Crippen molar-refractivity contribution >= 4 is 11.3 Å². The molecule has 0 fully saturated rings. The van der Waals surface area contributed by atoms with Gasteiger partial charge >= 0.3 is 0 Å². The predicted octanol–water partition coefficient (Wildman–Crippen LogP) is 3.49. The van der Waals surface area contributed by atoms with Gasteiger partial charge in [0.25, 0.3) is 0 Å². The Hall–Kier alpha value is -1.36. The van der Waals surface area contributed by atoms with Crippen molar-refractivity contribution in [3.8, 4) is 5.75 Å². The number of aliphatic hydroxyl groups is 1. The molecule has 1 aliphatic heterocycles. The van der Waals surface area contributed by atoms with Crippen LogP contribution < -0.4 is 4.74 Å². The van der Waals surface area contributed by atoms with Crippen LogP contribution >= 0.6 is 11.3 Å². The SMILES string of the molecule is COc1ccsc1C(O)CC1OCCc2ccccc21. The molecule has 0 saturated heterocycles. The first-order valence-electron chi connectivity index (χ1n) is 6.78. The molecule has 20 heavy (non-hydrogen) atoms. The maximum Gasteiger partial charge on any atom is 0.135 e. The first kappa shape index (κ1) is 13.6. The topological polar surface area (TPSA) is 38.7 Å². The first-order valence-corrected chi connectivity index (χ1v) is 7.66. The van der Waals surface area contributed by atoms with Gasteiger partial charge in [0.15, 0.2) is 0 Å². The van der Waals surface area contributed by atoms with E-state index < -0.39 is 6.10 Å². The van der Waals surface area contributed by atoms with Crippen LogP contribution in [0.4, 0.5) is 0 Å². The molecule has 2 atom stereocenters. The third-order valence-corrected chi connectivity index (χ3v) is 4.71. The van der Waals surface area contributed by atoms with Gasteiger partial charge in [0.05, 0.1) is 30.8 Å². The number of ether oxygens (including phenoxy) is 2. The highest BCUT2D eigenvalue weighted by molar-refractivity contribution is 7.10. The molecule has 0 spiro atoms. The molecule has 0 bridgehead atoms. The van der Waals surface area contributed by atoms with Crippen LogP contribution in [0.2, 0.25) is 0 Å². The van der Waals surface area contributed by atoms with Gasteiger partial charge in [-0.25, -0.2) is 0 Å². The van der Waals surface area contributed by atoms with Crippen LogP contribution in [0.5, 0.6) is 5.75 Å². The van der Waals surface area contributed by atoms with Gasteiger partial charge in [-0.3, -0.25) is 0 Å². The standard InChI is InChI=1S/C16H18O3S/c1-18-14-7-9-20-16(14)13(17)10-15-12-5-3-2-4-11(12)6-8-19-15/h2-5,7,9,13,15,17H,6,8,10H2,1H3. The van der Waals surface area contributed by atoms with Crippen molar-refractivity contribution in [3.05, 3.63) is 51.7 Å². The molecule has 0 radical (unpaired) electrons. The van der Waals surface area contributed by atoms with Crippen molar-refractivity contribution in [2.45, 2.75) is 25.0 Å². The van der Waals surface area contributed by atoms with E-state index in [2.05, 4.69) is 18.2 Å². The van der Waals surface area contributed by atoms with Crippen LogP contribution in [0.15, 0.2) is 35.7 Å². The van der Waals surface area contributed by atoms with Crippen molar-refractivity contribution in [1.82, 2.24) is 0 Å². The first-order chi connectivity index (χ1) is 9.79. The van der Waals surface area contributed by atoms with Crippen LogP contribution in [-0.2, 0) is 11.2 Å². The van der Waals surface area contributed by atoms with E-state index in [1.54, 1.807) is 7.11 Å². The normalized spacial score (nSPS) is 19.4. The molecule has 2 heterocycles. The summed E-state index contributed by atoms with van der Waals surface area (Å²) < 4.78 is 11.1. The fourth-order valence-electron chi connectivity index (χ4n) is 2.70. The van der Waals surface area contributed by atoms with Gasteiger partial charge in [0, 0.05) is 6.42 Å². The zero-order valence-corrected chi connectivity index (χ0v) is 12.2. The van der Waals surface area contributed by atoms with E-state index in [1.165, 1.54) is 22.5 Å². The third kappa shape index (κ3) is 2.59. The van der Waals surface area contributed by atoms with Crippen molar-refractivity contribution in [2.75, 3.05) is 13.7 Å². The van der Waals surface area contributed by atoms with Crippen LogP contribution in [0.3, 0.4) is 0 Å². The van der Waals surface area contributed by atoms with E-state index in [9.17, 15) is 5.11 Å². The number of thiophene rings is 1. The minimum Gasteiger partial charge on any atom is -0.495 e. The Morgan fingerprint density at radius 2 is 2.25 bits per heavy atom. The number of methoxy groups -OCH3 is 1. The predicted molar refractivity (Wildman–Crippen MR) is 79.3 cm³/mol. The van der Waals surface area contributed by atoms with Crippen LogP contribution in [0.25, 0.3) is 0 Å². The van der Waals surface area contributed by atoms with Crippen molar-refractivity contribution < 1.29 is 14.6 Å². The summed E-state index contributed by atoms with van der Waals surface area (Å²) in [4.78, 5) is 0.874. The molecule has 0 saturated carbocycles. The second-order valence-electron chi connectivity index (χ2n) is 4.91. The van der Waals surface area contributed by atoms with E-state index >= 15 is 0 Å². The van der Waals surface area contributed by atoms with Crippen molar-refractivity contribution in [2.24, 2.45) is 0 Å². The molecule has 4 heteroatoms. The number of hydrogen-bond donors (Lipinski definition) is 1. The monoisotopic (exact) mass is 290 g/mol. The van der Waals surface area contributed by atoms with Crippen molar-refractivity contribution in [3.63, 3.8) is 0 Å². The Labute approximate surface area is 122 Å². The number of rotatable bonds is 4. The maximum atomic E-state index is 10.4. The molecule has 2 aromatic rings. The minimum absolute atomic E-state index is 0.0400. The van der Waals surface area contributed by atoms with E-state index in [1.807, 2.05) is 17.5 Å². The summed E-state index contributed by atoms with van der Waals surface area (Å²) in [7, 11) is 1.63. The summed E-state index contributed by atoms with van der Waals surface area (Å²) in [6.07, 6.45) is 0.918. The number of aliphatic hydroxyl groups excluding tert-OH is 1. The highest BCUT2D eigenvalue weighted by atomic mass is 32.1. The lowest BCUT2D eigenvalue weighted by atomic mass is 9.94. The van der Waals surface area contributed by atoms with Gasteiger partial charge in [-0.15, -0.1) is 11.3 Å². The molecule has 3 rings (SSSR count). The van der Waals surface area contributed by atoms with E-state index in [0.717, 1.165) is 23.7 Å². The molecule has 1 N–H and O–H groups in total. The molecule has 1 aliphatic rings. The number of benzene rings is 1. The average molecular weight is 290 g/mol. The summed E-state index contributed by atoms with van der Waals surface area (Å²) in [6.45, 7) is 0.718. The molecular weight excluding hydrogens is 272 g/mol. The van der Waals surface area contributed by atoms with Crippen molar-refractivity contribution in [1.29, 1.82) is 0 Å². The maximum absolute atomic E-state index is 10.4. The Morgan fingerprint density at radius 1 is 1.40 bits per heavy atom. The second-order valence-corrected chi connectivity index (χ2v) is 5.86. The zero-order chi connectivity index (χ0) is 13.9. The molecule has 3 nitrogen and oxygen atoms in total. The molecule has 2 unspecified atom stereocenters. The Bertz CT molecular complexity index is 579. The average Bonchev–Trinajstić information content (AvgIpc) is 2.96. The largest absolute Gasteiger partial charge is 0.495 e. The molecular formula is C16H18O3S. The van der Waals surface area contributed by atoms with Crippen LogP contribution in [-0.4, -0.2) is 18.8 Å². The van der Waals surface area contributed by atoms with Gasteiger partial charge < -0.3 is 14.6 Å². The van der Waals surface area contributed by atoms with Crippen LogP contribution in [0.1, 0.15) is 34.6 Å². The quantitative estimate of drug-likeness (QED) is 0.936. The lowest BCUT2D eigenvalue weighted by Gasteiger charge is -2.27. The fourth-order valence-corrected chi connectivity index (χ4v) is 3.56. The summed E-state index contributed by atoms with van der Waals surface area (Å²) in [5, 5.41) is 12.4. The highest BCUT2D eigenvalue weighted by Gasteiger charge is 2.25. The Morgan fingerprint density at radius 3 is 3.10 bits per heavy atom. The summed E-state index contributed by atoms with van der Waals surface area (Å²) in [6, 6.07) is 10.2. The summed E-state index contributed by atoms with van der Waals surface area (Å²) in [5.74, 6) is 0.756. The lowest BCUT2D eigenvalue weighted by Crippen LogP contribution is -2.18. The third-order valence-electron chi connectivity index (χ3n) is 3.71. The number of fused-ring (bicyclic) bond motifs is 1. The minimum atomic E-state index is -0.555. The lowest BCUT2D eigenvalue weighted by molar-refractivity contribution is 0.00416. The Balaban J connectivity index is 1.79. The van der Waals surface area contributed by atoms with Crippen LogP contribution in [0, 0.1) is 0 Å². The Kier molecular flexibility index (Phi) is 4.05. The summed E-state index contributed by atoms with van der Waals surface area (Å²) >= 11 is 1.52. The van der Waals surface area contributed by atoms with E-state index in [-0.39, 0.29) is 6.10 Å². The summed E-state index contributed by atoms with van der Waals surface area (Å²) in [5.41, 5.74) is 2.53. The fraction of sp³-hybridized carbons (Fsp3) is 0.375. The molecule has 106 valence electrons. The second kappa shape index (κ2) is 5.95. The smallest absolute Gasteiger partial charge is 0.135 e. The van der Waals surface area contributed by atoms with E-state index in [4.69, 9.17) is 9.47 Å². The molecule has 1 aromatic heterocycles. The van der Waals surface area contributed by atoms with Gasteiger partial charge in [-0.2, -0.15) is 0 Å².